The highest BCUT2D eigenvalue weighted by Crippen LogP contribution is 2.29. The molecule has 0 radical (unpaired) electrons. The molecular weight excluding hydrogens is 254 g/mol. The van der Waals surface area contributed by atoms with Gasteiger partial charge in [0, 0.05) is 12.1 Å². The molecular formula is C15H23N3O2. The van der Waals surface area contributed by atoms with Gasteiger partial charge in [0.25, 0.3) is 0 Å². The van der Waals surface area contributed by atoms with E-state index in [2.05, 4.69) is 17.1 Å². The molecule has 1 amide bonds. The van der Waals surface area contributed by atoms with Crippen LogP contribution in [0.1, 0.15) is 26.7 Å². The van der Waals surface area contributed by atoms with Gasteiger partial charge in [-0.15, -0.1) is 0 Å². The Morgan fingerprint density at radius 2 is 2.25 bits per heavy atom. The van der Waals surface area contributed by atoms with Crippen LogP contribution in [0, 0.1) is 0 Å². The van der Waals surface area contributed by atoms with Crippen LogP contribution in [0.2, 0.25) is 0 Å². The SMILES string of the molecule is CCN(C1CC1)C(C)C(=O)Nc1ccc(OC)cc1N. The van der Waals surface area contributed by atoms with Crippen molar-refractivity contribution >= 4 is 17.3 Å². The van der Waals surface area contributed by atoms with Crippen molar-refractivity contribution in [1.29, 1.82) is 0 Å². The van der Waals surface area contributed by atoms with Gasteiger partial charge in [0.15, 0.2) is 0 Å². The minimum absolute atomic E-state index is 0.0179. The molecule has 0 aliphatic heterocycles. The third-order valence-corrected chi connectivity index (χ3v) is 3.77. The van der Waals surface area contributed by atoms with Gasteiger partial charge in [-0.25, -0.2) is 0 Å². The third kappa shape index (κ3) is 3.22. The zero-order valence-corrected chi connectivity index (χ0v) is 12.3. The number of nitrogens with zero attached hydrogens (tertiary/aromatic N) is 1. The monoisotopic (exact) mass is 277 g/mol. The number of carbonyl (C=O) groups is 1. The van der Waals surface area contributed by atoms with Crippen LogP contribution in [0.5, 0.6) is 5.75 Å². The summed E-state index contributed by atoms with van der Waals surface area (Å²) in [6.07, 6.45) is 2.38. The largest absolute Gasteiger partial charge is 0.497 e. The highest BCUT2D eigenvalue weighted by atomic mass is 16.5. The zero-order chi connectivity index (χ0) is 14.7. The summed E-state index contributed by atoms with van der Waals surface area (Å²) in [6, 6.07) is 5.68. The van der Waals surface area contributed by atoms with E-state index in [1.54, 1.807) is 25.3 Å². The van der Waals surface area contributed by atoms with E-state index in [9.17, 15) is 4.79 Å². The summed E-state index contributed by atoms with van der Waals surface area (Å²) in [6.45, 7) is 4.91. The van der Waals surface area contributed by atoms with Crippen LogP contribution in [0.25, 0.3) is 0 Å². The summed E-state index contributed by atoms with van der Waals surface area (Å²) in [5, 5.41) is 2.90. The van der Waals surface area contributed by atoms with E-state index in [0.29, 0.717) is 23.2 Å². The molecule has 2 rings (SSSR count). The minimum atomic E-state index is -0.144. The number of hydrogen-bond acceptors (Lipinski definition) is 4. The van der Waals surface area contributed by atoms with Gasteiger partial charge in [-0.1, -0.05) is 6.92 Å². The fourth-order valence-electron chi connectivity index (χ4n) is 2.42. The second kappa shape index (κ2) is 6.13. The molecule has 1 aromatic carbocycles. The molecule has 0 spiro atoms. The number of amides is 1. The predicted molar refractivity (Wildman–Crippen MR) is 80.9 cm³/mol. The minimum Gasteiger partial charge on any atom is -0.497 e. The second-order valence-electron chi connectivity index (χ2n) is 5.18. The number of nitrogen functional groups attached to an aromatic ring is 1. The molecule has 1 aromatic rings. The molecule has 0 saturated heterocycles. The maximum Gasteiger partial charge on any atom is 0.241 e. The summed E-state index contributed by atoms with van der Waals surface area (Å²) < 4.78 is 5.10. The van der Waals surface area contributed by atoms with E-state index < -0.39 is 0 Å². The van der Waals surface area contributed by atoms with Gasteiger partial charge in [-0.3, -0.25) is 9.69 Å². The fraction of sp³-hybridized carbons (Fsp3) is 0.533. The zero-order valence-electron chi connectivity index (χ0n) is 12.3. The molecule has 0 bridgehead atoms. The number of benzene rings is 1. The van der Waals surface area contributed by atoms with Crippen LogP contribution in [-0.4, -0.2) is 36.5 Å². The van der Waals surface area contributed by atoms with Gasteiger partial charge in [-0.2, -0.15) is 0 Å². The average molecular weight is 277 g/mol. The molecule has 5 heteroatoms. The highest BCUT2D eigenvalue weighted by molar-refractivity contribution is 5.97. The molecule has 1 fully saturated rings. The van der Waals surface area contributed by atoms with Crippen LogP contribution in [-0.2, 0) is 4.79 Å². The Hall–Kier alpha value is -1.75. The molecule has 0 aromatic heterocycles. The molecule has 1 aliphatic carbocycles. The van der Waals surface area contributed by atoms with Gasteiger partial charge >= 0.3 is 0 Å². The standard InChI is InChI=1S/C15H23N3O2/c1-4-18(11-5-6-11)10(2)15(19)17-14-8-7-12(20-3)9-13(14)16/h7-11H,4-6,16H2,1-3H3,(H,17,19). The van der Waals surface area contributed by atoms with Crippen LogP contribution < -0.4 is 15.8 Å². The second-order valence-corrected chi connectivity index (χ2v) is 5.18. The molecule has 1 atom stereocenters. The van der Waals surface area contributed by atoms with Crippen molar-refractivity contribution in [1.82, 2.24) is 4.90 Å². The maximum atomic E-state index is 12.3. The summed E-state index contributed by atoms with van der Waals surface area (Å²) in [5.41, 5.74) is 7.06. The number of ether oxygens (including phenoxy) is 1. The summed E-state index contributed by atoms with van der Waals surface area (Å²) in [5.74, 6) is 0.664. The first-order valence-corrected chi connectivity index (χ1v) is 7.07. The van der Waals surface area contributed by atoms with Crippen molar-refractivity contribution in [2.24, 2.45) is 0 Å². The van der Waals surface area contributed by atoms with Gasteiger partial charge in [0.1, 0.15) is 5.75 Å². The lowest BCUT2D eigenvalue weighted by atomic mass is 10.2. The van der Waals surface area contributed by atoms with E-state index in [4.69, 9.17) is 10.5 Å². The lowest BCUT2D eigenvalue weighted by molar-refractivity contribution is -0.120. The van der Waals surface area contributed by atoms with Crippen LogP contribution in [0.15, 0.2) is 18.2 Å². The van der Waals surface area contributed by atoms with Crippen molar-refractivity contribution in [3.05, 3.63) is 18.2 Å². The highest BCUT2D eigenvalue weighted by Gasteiger charge is 2.33. The third-order valence-electron chi connectivity index (χ3n) is 3.77. The lowest BCUT2D eigenvalue weighted by Gasteiger charge is -2.26. The first kappa shape index (κ1) is 14.7. The van der Waals surface area contributed by atoms with Crippen LogP contribution >= 0.6 is 0 Å². The molecule has 5 nitrogen and oxygen atoms in total. The molecule has 20 heavy (non-hydrogen) atoms. The van der Waals surface area contributed by atoms with Gasteiger partial charge in [-0.05, 0) is 38.4 Å². The quantitative estimate of drug-likeness (QED) is 0.781. The molecule has 1 unspecified atom stereocenters. The Balaban J connectivity index is 2.03. The molecule has 110 valence electrons. The van der Waals surface area contributed by atoms with E-state index >= 15 is 0 Å². The van der Waals surface area contributed by atoms with E-state index in [1.165, 1.54) is 12.8 Å². The number of methoxy groups -OCH3 is 1. The Bertz CT molecular complexity index is 486. The Kier molecular flexibility index (Phi) is 4.49. The predicted octanol–water partition coefficient (Wildman–Crippen LogP) is 2.09. The lowest BCUT2D eigenvalue weighted by Crippen LogP contribution is -2.43. The first-order valence-electron chi connectivity index (χ1n) is 7.07. The number of carbonyl (C=O) groups excluding carboxylic acids is 1. The molecule has 1 aliphatic rings. The van der Waals surface area contributed by atoms with Gasteiger partial charge < -0.3 is 15.8 Å². The number of likely N-dealkylation sites (N-methyl/N-ethyl adjacent to an activating group) is 1. The van der Waals surface area contributed by atoms with Crippen molar-refractivity contribution in [3.8, 4) is 5.75 Å². The van der Waals surface area contributed by atoms with E-state index in [-0.39, 0.29) is 11.9 Å². The van der Waals surface area contributed by atoms with Gasteiger partial charge in [0.05, 0.1) is 24.5 Å². The average Bonchev–Trinajstić information content (AvgIpc) is 3.26. The topological polar surface area (TPSA) is 67.6 Å². The fourth-order valence-corrected chi connectivity index (χ4v) is 2.42. The van der Waals surface area contributed by atoms with Crippen molar-refractivity contribution in [2.75, 3.05) is 24.7 Å². The number of hydrogen-bond donors (Lipinski definition) is 2. The Morgan fingerprint density at radius 1 is 1.55 bits per heavy atom. The summed E-state index contributed by atoms with van der Waals surface area (Å²) in [4.78, 5) is 14.5. The van der Waals surface area contributed by atoms with Crippen molar-refractivity contribution in [3.63, 3.8) is 0 Å². The van der Waals surface area contributed by atoms with E-state index in [1.807, 2.05) is 6.92 Å². The van der Waals surface area contributed by atoms with Crippen LogP contribution in [0.3, 0.4) is 0 Å². The smallest absolute Gasteiger partial charge is 0.241 e. The molecule has 1 saturated carbocycles. The molecule has 3 N–H and O–H groups in total. The van der Waals surface area contributed by atoms with E-state index in [0.717, 1.165) is 6.54 Å². The Morgan fingerprint density at radius 3 is 2.75 bits per heavy atom. The molecule has 0 heterocycles. The summed E-state index contributed by atoms with van der Waals surface area (Å²) >= 11 is 0. The van der Waals surface area contributed by atoms with Crippen molar-refractivity contribution < 1.29 is 9.53 Å². The Labute approximate surface area is 120 Å². The maximum absolute atomic E-state index is 12.3. The normalized spacial score (nSPS) is 16.0. The van der Waals surface area contributed by atoms with Crippen LogP contribution in [0.4, 0.5) is 11.4 Å². The first-order chi connectivity index (χ1) is 9.56. The summed E-state index contributed by atoms with van der Waals surface area (Å²) in [7, 11) is 1.59. The van der Waals surface area contributed by atoms with Crippen molar-refractivity contribution in [2.45, 2.75) is 38.8 Å². The number of nitrogens with two attached hydrogens (primary N) is 1. The number of nitrogens with one attached hydrogen (secondary N) is 1. The number of anilines is 2. The number of rotatable bonds is 6. The van der Waals surface area contributed by atoms with Gasteiger partial charge in [0.2, 0.25) is 5.91 Å².